The number of anilines is 1. The van der Waals surface area contributed by atoms with Gasteiger partial charge in [-0.25, -0.2) is 9.97 Å². The number of thiophene rings is 1. The van der Waals surface area contributed by atoms with E-state index >= 15 is 0 Å². The second-order valence-corrected chi connectivity index (χ2v) is 8.80. The van der Waals surface area contributed by atoms with Crippen molar-refractivity contribution in [3.05, 3.63) is 30.4 Å². The van der Waals surface area contributed by atoms with Crippen molar-refractivity contribution in [2.75, 3.05) is 5.73 Å². The van der Waals surface area contributed by atoms with Crippen LogP contribution in [-0.2, 0) is 7.05 Å². The minimum atomic E-state index is 0.575. The molecular formula is C19H22N6S2. The second kappa shape index (κ2) is 7.46. The first kappa shape index (κ1) is 18.2. The number of imidazole rings is 1. The monoisotopic (exact) mass is 398 g/mol. The van der Waals surface area contributed by atoms with Crippen LogP contribution in [-0.4, -0.2) is 26.8 Å². The molecule has 0 aliphatic heterocycles. The normalized spacial score (nSPS) is 15.3. The van der Waals surface area contributed by atoms with E-state index in [4.69, 9.17) is 16.1 Å². The van der Waals surface area contributed by atoms with Gasteiger partial charge in [0.15, 0.2) is 0 Å². The van der Waals surface area contributed by atoms with E-state index in [-0.39, 0.29) is 0 Å². The summed E-state index contributed by atoms with van der Waals surface area (Å²) in [7, 11) is 1.95. The van der Waals surface area contributed by atoms with Gasteiger partial charge in [0.1, 0.15) is 9.04 Å². The fraction of sp³-hybridized carbons (Fsp3) is 0.316. The van der Waals surface area contributed by atoms with Crippen LogP contribution in [0.15, 0.2) is 28.9 Å². The minimum Gasteiger partial charge on any atom is -0.397 e. The number of aromatic nitrogens is 3. The lowest BCUT2D eigenvalue weighted by atomic mass is 9.94. The molecule has 1 saturated carbocycles. The van der Waals surface area contributed by atoms with Crippen LogP contribution < -0.4 is 10.5 Å². The number of nitrogen functional groups attached to an aromatic ring is 1. The highest BCUT2D eigenvalue weighted by molar-refractivity contribution is 7.99. The molecule has 8 heteroatoms. The number of pyridine rings is 1. The number of nitrogens with two attached hydrogens (primary N) is 1. The average Bonchev–Trinajstić information content (AvgIpc) is 3.18. The van der Waals surface area contributed by atoms with Crippen LogP contribution in [0.4, 0.5) is 5.69 Å². The Kier molecular flexibility index (Phi) is 5.03. The molecular weight excluding hydrogens is 376 g/mol. The maximum absolute atomic E-state index is 7.68. The number of nitrogens with one attached hydrogen (secondary N) is 2. The van der Waals surface area contributed by atoms with E-state index in [2.05, 4.69) is 9.71 Å². The fourth-order valence-electron chi connectivity index (χ4n) is 3.05. The zero-order valence-corrected chi connectivity index (χ0v) is 17.0. The lowest BCUT2D eigenvalue weighted by molar-refractivity contribution is 0.395. The Morgan fingerprint density at radius 3 is 2.89 bits per heavy atom. The predicted molar refractivity (Wildman–Crippen MR) is 115 cm³/mol. The molecule has 0 aromatic carbocycles. The van der Waals surface area contributed by atoms with Crippen LogP contribution in [0.25, 0.3) is 27.0 Å². The SMILES string of the molecule is C/C=C(\C=N)c1cc(-c2cn(C)cn2)c2c(N)c(SNC3CCC3)sc2n1. The largest absolute Gasteiger partial charge is 0.397 e. The van der Waals surface area contributed by atoms with Crippen LogP contribution >= 0.6 is 23.3 Å². The Labute approximate surface area is 166 Å². The lowest BCUT2D eigenvalue weighted by Crippen LogP contribution is -2.29. The standard InChI is InChI=1S/C19H22N6S2/c1-3-11(8-20)14-7-13(15-9-25(2)10-22-15)16-17(21)19(26-18(16)23-14)27-24-12-5-4-6-12/h3,7-10,12,20,24H,4-6,21H2,1-2H3/b11-3+,20-8?. The molecule has 0 bridgehead atoms. The molecule has 27 heavy (non-hydrogen) atoms. The molecule has 0 spiro atoms. The molecule has 140 valence electrons. The number of allylic oxidation sites excluding steroid dienone is 2. The Bertz CT molecular complexity index is 1030. The van der Waals surface area contributed by atoms with E-state index in [0.29, 0.717) is 6.04 Å². The van der Waals surface area contributed by atoms with Crippen LogP contribution in [0, 0.1) is 5.41 Å². The van der Waals surface area contributed by atoms with Gasteiger partial charge in [0.2, 0.25) is 0 Å². The molecule has 3 aromatic rings. The van der Waals surface area contributed by atoms with Crippen molar-refractivity contribution in [2.24, 2.45) is 7.05 Å². The van der Waals surface area contributed by atoms with Crippen molar-refractivity contribution >= 4 is 51.0 Å². The Balaban J connectivity index is 1.85. The van der Waals surface area contributed by atoms with Gasteiger partial charge < -0.3 is 15.7 Å². The fourth-order valence-corrected chi connectivity index (χ4v) is 5.17. The van der Waals surface area contributed by atoms with Crippen molar-refractivity contribution in [1.29, 1.82) is 5.41 Å². The van der Waals surface area contributed by atoms with Crippen LogP contribution in [0.1, 0.15) is 31.9 Å². The minimum absolute atomic E-state index is 0.575. The van der Waals surface area contributed by atoms with Gasteiger partial charge in [-0.1, -0.05) is 12.5 Å². The molecule has 1 fully saturated rings. The molecule has 3 heterocycles. The third-order valence-corrected chi connectivity index (χ3v) is 7.08. The molecule has 4 N–H and O–H groups in total. The number of fused-ring (bicyclic) bond motifs is 1. The van der Waals surface area contributed by atoms with Gasteiger partial charge in [-0.3, -0.25) is 4.72 Å². The van der Waals surface area contributed by atoms with E-state index in [0.717, 1.165) is 42.6 Å². The first-order valence-corrected chi connectivity index (χ1v) is 10.5. The summed E-state index contributed by atoms with van der Waals surface area (Å²) in [6.45, 7) is 1.92. The number of nitrogens with zero attached hydrogens (tertiary/aromatic N) is 3. The molecule has 1 aliphatic rings. The summed E-state index contributed by atoms with van der Waals surface area (Å²) in [6, 6.07) is 2.56. The van der Waals surface area contributed by atoms with E-state index < -0.39 is 0 Å². The zero-order chi connectivity index (χ0) is 19.0. The van der Waals surface area contributed by atoms with Crippen molar-refractivity contribution < 1.29 is 0 Å². The number of hydrogen-bond donors (Lipinski definition) is 3. The van der Waals surface area contributed by atoms with E-state index in [1.54, 1.807) is 29.6 Å². The van der Waals surface area contributed by atoms with E-state index in [1.165, 1.54) is 25.5 Å². The summed E-state index contributed by atoms with van der Waals surface area (Å²) >= 11 is 3.21. The molecule has 0 radical (unpaired) electrons. The Morgan fingerprint density at radius 1 is 1.48 bits per heavy atom. The van der Waals surface area contributed by atoms with Gasteiger partial charge in [-0.2, -0.15) is 0 Å². The van der Waals surface area contributed by atoms with E-state index in [1.807, 2.05) is 36.9 Å². The maximum atomic E-state index is 7.68. The van der Waals surface area contributed by atoms with Crippen LogP contribution in [0.3, 0.4) is 0 Å². The average molecular weight is 399 g/mol. The molecule has 3 aromatic heterocycles. The Hall–Kier alpha value is -2.16. The third-order valence-electron chi connectivity index (χ3n) is 4.83. The summed E-state index contributed by atoms with van der Waals surface area (Å²) < 4.78 is 6.47. The van der Waals surface area contributed by atoms with Crippen LogP contribution in [0.5, 0.6) is 0 Å². The molecule has 0 atom stereocenters. The molecule has 0 unspecified atom stereocenters. The van der Waals surface area contributed by atoms with Gasteiger partial charge in [0.05, 0.1) is 23.4 Å². The summed E-state index contributed by atoms with van der Waals surface area (Å²) in [5.41, 5.74) is 10.7. The van der Waals surface area contributed by atoms with Crippen molar-refractivity contribution in [1.82, 2.24) is 19.3 Å². The molecule has 0 amide bonds. The highest BCUT2D eigenvalue weighted by Gasteiger charge is 2.22. The first-order chi connectivity index (χ1) is 13.1. The van der Waals surface area contributed by atoms with Gasteiger partial charge in [0.25, 0.3) is 0 Å². The predicted octanol–water partition coefficient (Wildman–Crippen LogP) is 4.48. The number of hydrogen-bond acceptors (Lipinski definition) is 7. The maximum Gasteiger partial charge on any atom is 0.127 e. The van der Waals surface area contributed by atoms with Gasteiger partial charge in [0, 0.05) is 42.0 Å². The summed E-state index contributed by atoms with van der Waals surface area (Å²) in [6.07, 6.45) is 10.7. The van der Waals surface area contributed by atoms with Crippen LogP contribution in [0.2, 0.25) is 0 Å². The topological polar surface area (TPSA) is 92.6 Å². The molecule has 1 aliphatic carbocycles. The molecule has 4 rings (SSSR count). The summed E-state index contributed by atoms with van der Waals surface area (Å²) in [5.74, 6) is 0. The number of aryl methyl sites for hydroxylation is 1. The second-order valence-electron chi connectivity index (χ2n) is 6.70. The Morgan fingerprint density at radius 2 is 2.30 bits per heavy atom. The summed E-state index contributed by atoms with van der Waals surface area (Å²) in [5, 5.41) is 8.63. The van der Waals surface area contributed by atoms with Crippen molar-refractivity contribution in [2.45, 2.75) is 36.4 Å². The van der Waals surface area contributed by atoms with E-state index in [9.17, 15) is 0 Å². The van der Waals surface area contributed by atoms with Gasteiger partial charge >= 0.3 is 0 Å². The first-order valence-electron chi connectivity index (χ1n) is 8.91. The van der Waals surface area contributed by atoms with Crippen molar-refractivity contribution in [3.8, 4) is 11.3 Å². The smallest absolute Gasteiger partial charge is 0.127 e. The highest BCUT2D eigenvalue weighted by atomic mass is 32.2. The highest BCUT2D eigenvalue weighted by Crippen LogP contribution is 2.44. The number of rotatable bonds is 6. The third kappa shape index (κ3) is 3.40. The molecule has 0 saturated heterocycles. The lowest BCUT2D eigenvalue weighted by Gasteiger charge is -2.25. The van der Waals surface area contributed by atoms with Gasteiger partial charge in [-0.05, 0) is 37.8 Å². The quantitative estimate of drug-likeness (QED) is 0.420. The summed E-state index contributed by atoms with van der Waals surface area (Å²) in [4.78, 5) is 10.2. The zero-order valence-electron chi connectivity index (χ0n) is 15.3. The van der Waals surface area contributed by atoms with Gasteiger partial charge in [-0.15, -0.1) is 11.3 Å². The van der Waals surface area contributed by atoms with Crippen molar-refractivity contribution in [3.63, 3.8) is 0 Å². The molecule has 6 nitrogen and oxygen atoms in total.